The van der Waals surface area contributed by atoms with Gasteiger partial charge in [0.25, 0.3) is 0 Å². The molecule has 7 nitrogen and oxygen atoms in total. The van der Waals surface area contributed by atoms with Crippen molar-refractivity contribution in [2.24, 2.45) is 0 Å². The van der Waals surface area contributed by atoms with Crippen LogP contribution >= 0.6 is 0 Å². The summed E-state index contributed by atoms with van der Waals surface area (Å²) in [4.78, 5) is 26.3. The summed E-state index contributed by atoms with van der Waals surface area (Å²) in [6, 6.07) is 1.55. The Balaban J connectivity index is 2.52. The molecule has 0 fully saturated rings. The molecule has 0 aliphatic carbocycles. The maximum absolute atomic E-state index is 11.6. The first-order valence-corrected chi connectivity index (χ1v) is 5.85. The fraction of sp³-hybridized carbons (Fsp3) is 0.417. The summed E-state index contributed by atoms with van der Waals surface area (Å²) in [7, 11) is 0. The lowest BCUT2D eigenvalue weighted by molar-refractivity contribution is -0.139. The van der Waals surface area contributed by atoms with Gasteiger partial charge in [0.05, 0.1) is 6.04 Å². The molecule has 19 heavy (non-hydrogen) atoms. The smallest absolute Gasteiger partial charge is 0.326 e. The number of aromatic nitrogens is 1. The Bertz CT molecular complexity index is 424. The van der Waals surface area contributed by atoms with Gasteiger partial charge in [-0.1, -0.05) is 0 Å². The van der Waals surface area contributed by atoms with E-state index in [1.165, 1.54) is 0 Å². The minimum atomic E-state index is -1.18. The third-order valence-corrected chi connectivity index (χ3v) is 2.57. The molecule has 0 bridgehead atoms. The molecule has 0 spiro atoms. The lowest BCUT2D eigenvalue weighted by Gasteiger charge is -2.18. The van der Waals surface area contributed by atoms with Crippen molar-refractivity contribution in [1.82, 2.24) is 15.6 Å². The second-order valence-electron chi connectivity index (χ2n) is 4.02. The average Bonchev–Trinajstić information content (AvgIpc) is 2.39. The van der Waals surface area contributed by atoms with Gasteiger partial charge in [-0.25, -0.2) is 9.59 Å². The van der Waals surface area contributed by atoms with Gasteiger partial charge >= 0.3 is 12.0 Å². The van der Waals surface area contributed by atoms with Gasteiger partial charge in [-0.3, -0.25) is 4.98 Å². The molecule has 4 N–H and O–H groups in total. The molecule has 0 aromatic carbocycles. The summed E-state index contributed by atoms with van der Waals surface area (Å²) in [5.41, 5.74) is 0.860. The van der Waals surface area contributed by atoms with E-state index in [1.807, 2.05) is 0 Å². The number of hydrogen-bond donors (Lipinski definition) is 4. The molecule has 0 aliphatic heterocycles. The molecule has 2 amide bonds. The second-order valence-corrected chi connectivity index (χ2v) is 4.02. The number of aliphatic hydroxyl groups excluding tert-OH is 1. The molecule has 2 atom stereocenters. The number of nitrogens with zero attached hydrogens (tertiary/aromatic N) is 1. The summed E-state index contributed by atoms with van der Waals surface area (Å²) >= 11 is 0. The van der Waals surface area contributed by atoms with E-state index < -0.39 is 18.0 Å². The zero-order chi connectivity index (χ0) is 14.3. The molecule has 1 aromatic heterocycles. The zero-order valence-electron chi connectivity index (χ0n) is 10.5. The highest BCUT2D eigenvalue weighted by Crippen LogP contribution is 2.09. The van der Waals surface area contributed by atoms with Crippen molar-refractivity contribution in [3.63, 3.8) is 0 Å². The SMILES string of the molecule is CC(NC(=O)N[C@@H](CCO)C(=O)O)c1ccncc1. The van der Waals surface area contributed by atoms with Gasteiger partial charge in [0.2, 0.25) is 0 Å². The van der Waals surface area contributed by atoms with E-state index in [1.54, 1.807) is 31.5 Å². The number of pyridine rings is 1. The summed E-state index contributed by atoms with van der Waals surface area (Å²) in [5.74, 6) is -1.18. The van der Waals surface area contributed by atoms with E-state index in [2.05, 4.69) is 15.6 Å². The number of carboxylic acids is 1. The van der Waals surface area contributed by atoms with Crippen LogP contribution in [-0.2, 0) is 4.79 Å². The molecule has 1 rings (SSSR count). The van der Waals surface area contributed by atoms with Crippen LogP contribution in [0.5, 0.6) is 0 Å². The predicted octanol–water partition coefficient (Wildman–Crippen LogP) is 0.277. The maximum Gasteiger partial charge on any atom is 0.326 e. The number of carbonyl (C=O) groups is 2. The quantitative estimate of drug-likeness (QED) is 0.591. The Kier molecular flexibility index (Phi) is 5.74. The topological polar surface area (TPSA) is 112 Å². The number of aliphatic hydroxyl groups is 1. The van der Waals surface area contributed by atoms with Crippen LogP contribution in [0, 0.1) is 0 Å². The highest BCUT2D eigenvalue weighted by atomic mass is 16.4. The van der Waals surface area contributed by atoms with Crippen LogP contribution in [0.15, 0.2) is 24.5 Å². The number of amides is 2. The van der Waals surface area contributed by atoms with Crippen LogP contribution in [0.2, 0.25) is 0 Å². The third kappa shape index (κ3) is 4.92. The van der Waals surface area contributed by atoms with Gasteiger partial charge in [0.1, 0.15) is 6.04 Å². The Morgan fingerprint density at radius 2 is 1.95 bits per heavy atom. The number of urea groups is 1. The summed E-state index contributed by atoms with van der Waals surface area (Å²) in [5, 5.41) is 22.5. The van der Waals surface area contributed by atoms with Crippen molar-refractivity contribution < 1.29 is 19.8 Å². The number of rotatable bonds is 6. The summed E-state index contributed by atoms with van der Waals surface area (Å²) in [6.45, 7) is 1.47. The largest absolute Gasteiger partial charge is 0.480 e. The van der Waals surface area contributed by atoms with Gasteiger partial charge in [0.15, 0.2) is 0 Å². The predicted molar refractivity (Wildman–Crippen MR) is 67.4 cm³/mol. The summed E-state index contributed by atoms with van der Waals surface area (Å²) < 4.78 is 0. The van der Waals surface area contributed by atoms with E-state index in [0.29, 0.717) is 0 Å². The minimum Gasteiger partial charge on any atom is -0.480 e. The number of carbonyl (C=O) groups excluding carboxylic acids is 1. The molecule has 1 unspecified atom stereocenters. The number of aliphatic carboxylic acids is 1. The minimum absolute atomic E-state index is 0.0353. The molecule has 0 saturated heterocycles. The molecule has 0 radical (unpaired) electrons. The van der Waals surface area contributed by atoms with Crippen molar-refractivity contribution in [3.05, 3.63) is 30.1 Å². The average molecular weight is 267 g/mol. The van der Waals surface area contributed by atoms with E-state index in [4.69, 9.17) is 10.2 Å². The number of carboxylic acid groups (broad SMARTS) is 1. The molecule has 0 saturated carbocycles. The zero-order valence-corrected chi connectivity index (χ0v) is 10.5. The van der Waals surface area contributed by atoms with E-state index >= 15 is 0 Å². The Labute approximate surface area is 110 Å². The number of nitrogens with one attached hydrogen (secondary N) is 2. The van der Waals surface area contributed by atoms with Gasteiger partial charge < -0.3 is 20.8 Å². The van der Waals surface area contributed by atoms with Crippen LogP contribution in [0.4, 0.5) is 4.79 Å². The Morgan fingerprint density at radius 3 is 2.47 bits per heavy atom. The van der Waals surface area contributed by atoms with Crippen LogP contribution in [0.3, 0.4) is 0 Å². The highest BCUT2D eigenvalue weighted by Gasteiger charge is 2.20. The van der Waals surface area contributed by atoms with Crippen molar-refractivity contribution >= 4 is 12.0 Å². The van der Waals surface area contributed by atoms with Crippen LogP contribution in [0.25, 0.3) is 0 Å². The van der Waals surface area contributed by atoms with Gasteiger partial charge in [-0.15, -0.1) is 0 Å². The van der Waals surface area contributed by atoms with Gasteiger partial charge in [-0.2, -0.15) is 0 Å². The Hall–Kier alpha value is -2.15. The molecular formula is C12H17N3O4. The molecular weight excluding hydrogens is 250 g/mol. The van der Waals surface area contributed by atoms with Crippen molar-refractivity contribution in [3.8, 4) is 0 Å². The lowest BCUT2D eigenvalue weighted by Crippen LogP contribution is -2.47. The van der Waals surface area contributed by atoms with Crippen LogP contribution < -0.4 is 10.6 Å². The normalized spacial score (nSPS) is 13.4. The van der Waals surface area contributed by atoms with Gasteiger partial charge in [0, 0.05) is 25.4 Å². The first kappa shape index (κ1) is 14.9. The van der Waals surface area contributed by atoms with E-state index in [0.717, 1.165) is 5.56 Å². The lowest BCUT2D eigenvalue weighted by atomic mass is 10.1. The summed E-state index contributed by atoms with van der Waals surface area (Å²) in [6.07, 6.45) is 3.18. The monoisotopic (exact) mass is 267 g/mol. The first-order valence-electron chi connectivity index (χ1n) is 5.85. The molecule has 1 aromatic rings. The first-order chi connectivity index (χ1) is 9.04. The van der Waals surface area contributed by atoms with Crippen LogP contribution in [0.1, 0.15) is 24.9 Å². The van der Waals surface area contributed by atoms with Crippen molar-refractivity contribution in [2.75, 3.05) is 6.61 Å². The fourth-order valence-corrected chi connectivity index (χ4v) is 1.52. The second kappa shape index (κ2) is 7.32. The highest BCUT2D eigenvalue weighted by molar-refractivity contribution is 5.82. The third-order valence-electron chi connectivity index (χ3n) is 2.57. The van der Waals surface area contributed by atoms with Crippen molar-refractivity contribution in [2.45, 2.75) is 25.4 Å². The maximum atomic E-state index is 11.6. The molecule has 0 aliphatic rings. The van der Waals surface area contributed by atoms with E-state index in [9.17, 15) is 9.59 Å². The standard InChI is InChI=1S/C12H17N3O4/c1-8(9-2-5-13-6-3-9)14-12(19)15-10(4-7-16)11(17)18/h2-3,5-6,8,10,16H,4,7H2,1H3,(H,17,18)(H2,14,15,19)/t8?,10-/m0/s1. The van der Waals surface area contributed by atoms with Gasteiger partial charge in [-0.05, 0) is 24.6 Å². The molecule has 7 heteroatoms. The van der Waals surface area contributed by atoms with Crippen LogP contribution in [-0.4, -0.2) is 39.8 Å². The fourth-order valence-electron chi connectivity index (χ4n) is 1.52. The Morgan fingerprint density at radius 1 is 1.32 bits per heavy atom. The van der Waals surface area contributed by atoms with Crippen molar-refractivity contribution in [1.29, 1.82) is 0 Å². The molecule has 104 valence electrons. The molecule has 1 heterocycles. The van der Waals surface area contributed by atoms with E-state index in [-0.39, 0.29) is 19.1 Å². The number of hydrogen-bond acceptors (Lipinski definition) is 4.